The highest BCUT2D eigenvalue weighted by molar-refractivity contribution is 7.98. The van der Waals surface area contributed by atoms with Crippen LogP contribution < -0.4 is 5.32 Å². The van der Waals surface area contributed by atoms with Gasteiger partial charge in [0.15, 0.2) is 0 Å². The van der Waals surface area contributed by atoms with Gasteiger partial charge in [0, 0.05) is 24.7 Å². The SMILES string of the molecule is CNC(Cc1ccn(C(C)C)n1)C(C)CSC. The van der Waals surface area contributed by atoms with Crippen molar-refractivity contribution in [1.29, 1.82) is 0 Å². The van der Waals surface area contributed by atoms with Crippen molar-refractivity contribution in [3.8, 4) is 0 Å². The van der Waals surface area contributed by atoms with Crippen molar-refractivity contribution in [1.82, 2.24) is 15.1 Å². The second-order valence-corrected chi connectivity index (χ2v) is 5.82. The molecular weight excluding hydrogens is 230 g/mol. The molecule has 0 saturated heterocycles. The molecule has 0 bridgehead atoms. The highest BCUT2D eigenvalue weighted by Crippen LogP contribution is 2.14. The first kappa shape index (κ1) is 14.6. The van der Waals surface area contributed by atoms with Crippen LogP contribution in [0.15, 0.2) is 12.3 Å². The standard InChI is InChI=1S/C13H25N3S/c1-10(2)16-7-6-12(15-16)8-13(14-4)11(3)9-17-5/h6-7,10-11,13-14H,8-9H2,1-5H3. The molecule has 17 heavy (non-hydrogen) atoms. The average molecular weight is 255 g/mol. The summed E-state index contributed by atoms with van der Waals surface area (Å²) < 4.78 is 2.03. The Bertz CT molecular complexity index is 322. The number of rotatable bonds is 7. The molecule has 1 aromatic rings. The van der Waals surface area contributed by atoms with Gasteiger partial charge in [0.2, 0.25) is 0 Å². The number of nitrogens with one attached hydrogen (secondary N) is 1. The molecule has 1 N–H and O–H groups in total. The van der Waals surface area contributed by atoms with E-state index in [4.69, 9.17) is 0 Å². The molecule has 0 aromatic carbocycles. The molecule has 1 heterocycles. The second-order valence-electron chi connectivity index (χ2n) is 4.91. The summed E-state index contributed by atoms with van der Waals surface area (Å²) in [6, 6.07) is 3.09. The van der Waals surface area contributed by atoms with Gasteiger partial charge in [-0.25, -0.2) is 0 Å². The molecule has 0 aliphatic heterocycles. The first-order valence-corrected chi connectivity index (χ1v) is 7.68. The Morgan fingerprint density at radius 2 is 2.12 bits per heavy atom. The number of likely N-dealkylation sites (N-methyl/N-ethyl adjacent to an activating group) is 1. The van der Waals surface area contributed by atoms with Gasteiger partial charge < -0.3 is 5.32 Å². The molecule has 0 amide bonds. The molecule has 98 valence electrons. The molecule has 4 heteroatoms. The summed E-state index contributed by atoms with van der Waals surface area (Å²) in [4.78, 5) is 0. The van der Waals surface area contributed by atoms with Crippen LogP contribution in [0.1, 0.15) is 32.5 Å². The van der Waals surface area contributed by atoms with Crippen LogP contribution in [0.3, 0.4) is 0 Å². The fraction of sp³-hybridized carbons (Fsp3) is 0.769. The molecule has 0 fully saturated rings. The van der Waals surface area contributed by atoms with Crippen molar-refractivity contribution < 1.29 is 0 Å². The van der Waals surface area contributed by atoms with Gasteiger partial charge in [-0.15, -0.1) is 0 Å². The first-order chi connectivity index (χ1) is 8.08. The third-order valence-corrected chi connectivity index (χ3v) is 3.97. The van der Waals surface area contributed by atoms with Crippen LogP contribution in [-0.2, 0) is 6.42 Å². The number of thioether (sulfide) groups is 1. The van der Waals surface area contributed by atoms with Gasteiger partial charge in [-0.1, -0.05) is 6.92 Å². The van der Waals surface area contributed by atoms with E-state index in [9.17, 15) is 0 Å². The van der Waals surface area contributed by atoms with Gasteiger partial charge in [-0.2, -0.15) is 16.9 Å². The number of hydrogen-bond donors (Lipinski definition) is 1. The smallest absolute Gasteiger partial charge is 0.0640 e. The maximum atomic E-state index is 4.61. The van der Waals surface area contributed by atoms with E-state index in [0.29, 0.717) is 18.0 Å². The summed E-state index contributed by atoms with van der Waals surface area (Å²) in [6.45, 7) is 6.61. The molecule has 0 saturated carbocycles. The van der Waals surface area contributed by atoms with Crippen LogP contribution in [0.5, 0.6) is 0 Å². The third-order valence-electron chi connectivity index (χ3n) is 3.11. The molecule has 0 aliphatic rings. The zero-order valence-electron chi connectivity index (χ0n) is 11.6. The summed E-state index contributed by atoms with van der Waals surface area (Å²) in [5.74, 6) is 1.86. The fourth-order valence-electron chi connectivity index (χ4n) is 1.97. The minimum atomic E-state index is 0.445. The topological polar surface area (TPSA) is 29.9 Å². The van der Waals surface area contributed by atoms with Crippen LogP contribution in [0.25, 0.3) is 0 Å². The van der Waals surface area contributed by atoms with Crippen molar-refractivity contribution >= 4 is 11.8 Å². The first-order valence-electron chi connectivity index (χ1n) is 6.28. The zero-order chi connectivity index (χ0) is 12.8. The maximum absolute atomic E-state index is 4.61. The average Bonchev–Trinajstić information content (AvgIpc) is 2.74. The lowest BCUT2D eigenvalue weighted by atomic mass is 9.99. The van der Waals surface area contributed by atoms with Crippen LogP contribution >= 0.6 is 11.8 Å². The van der Waals surface area contributed by atoms with E-state index in [-0.39, 0.29) is 0 Å². The summed E-state index contributed by atoms with van der Waals surface area (Å²) in [6.07, 6.45) is 5.25. The second kappa shape index (κ2) is 7.07. The van der Waals surface area contributed by atoms with Crippen LogP contribution in [0.4, 0.5) is 0 Å². The lowest BCUT2D eigenvalue weighted by Gasteiger charge is -2.22. The summed E-state index contributed by atoms with van der Waals surface area (Å²) in [5.41, 5.74) is 1.19. The highest BCUT2D eigenvalue weighted by atomic mass is 32.2. The predicted molar refractivity (Wildman–Crippen MR) is 76.7 cm³/mol. The third kappa shape index (κ3) is 4.36. The van der Waals surface area contributed by atoms with Crippen molar-refractivity contribution in [3.05, 3.63) is 18.0 Å². The van der Waals surface area contributed by atoms with E-state index >= 15 is 0 Å². The van der Waals surface area contributed by atoms with E-state index in [0.717, 1.165) is 6.42 Å². The number of hydrogen-bond acceptors (Lipinski definition) is 3. The molecule has 2 atom stereocenters. The number of nitrogens with zero attached hydrogens (tertiary/aromatic N) is 2. The van der Waals surface area contributed by atoms with Gasteiger partial charge in [0.1, 0.15) is 0 Å². The molecule has 3 nitrogen and oxygen atoms in total. The van der Waals surface area contributed by atoms with Crippen LogP contribution in [0, 0.1) is 5.92 Å². The molecule has 0 radical (unpaired) electrons. The molecule has 2 unspecified atom stereocenters. The van der Waals surface area contributed by atoms with Crippen LogP contribution in [0.2, 0.25) is 0 Å². The monoisotopic (exact) mass is 255 g/mol. The largest absolute Gasteiger partial charge is 0.316 e. The van der Waals surface area contributed by atoms with Gasteiger partial charge >= 0.3 is 0 Å². The molecule has 1 aromatic heterocycles. The fourth-order valence-corrected chi connectivity index (χ4v) is 2.72. The number of aromatic nitrogens is 2. The highest BCUT2D eigenvalue weighted by Gasteiger charge is 2.16. The van der Waals surface area contributed by atoms with Crippen molar-refractivity contribution in [2.45, 2.75) is 39.3 Å². The minimum Gasteiger partial charge on any atom is -0.316 e. The van der Waals surface area contributed by atoms with Gasteiger partial charge in [-0.3, -0.25) is 4.68 Å². The Balaban J connectivity index is 2.60. The molecule has 0 spiro atoms. The van der Waals surface area contributed by atoms with Crippen molar-refractivity contribution in [3.63, 3.8) is 0 Å². The summed E-state index contributed by atoms with van der Waals surface area (Å²) in [7, 11) is 2.04. The predicted octanol–water partition coefficient (Wildman–Crippen LogP) is 2.59. The Kier molecular flexibility index (Phi) is 6.06. The Labute approximate surface area is 109 Å². The zero-order valence-corrected chi connectivity index (χ0v) is 12.4. The quantitative estimate of drug-likeness (QED) is 0.812. The Morgan fingerprint density at radius 3 is 2.59 bits per heavy atom. The lowest BCUT2D eigenvalue weighted by Crippen LogP contribution is -2.35. The Hall–Kier alpha value is -0.480. The van der Waals surface area contributed by atoms with E-state index in [1.807, 2.05) is 23.5 Å². The summed E-state index contributed by atoms with van der Waals surface area (Å²) >= 11 is 1.91. The van der Waals surface area contributed by atoms with Crippen molar-refractivity contribution in [2.24, 2.45) is 5.92 Å². The van der Waals surface area contributed by atoms with Gasteiger partial charge in [0.05, 0.1) is 5.69 Å². The maximum Gasteiger partial charge on any atom is 0.0640 e. The lowest BCUT2D eigenvalue weighted by molar-refractivity contribution is 0.422. The van der Waals surface area contributed by atoms with E-state index < -0.39 is 0 Å². The summed E-state index contributed by atoms with van der Waals surface area (Å²) in [5, 5.41) is 8.02. The normalized spacial score (nSPS) is 15.2. The van der Waals surface area contributed by atoms with E-state index in [1.54, 1.807) is 0 Å². The molecule has 1 rings (SSSR count). The van der Waals surface area contributed by atoms with Crippen LogP contribution in [-0.4, -0.2) is 34.9 Å². The molecule has 0 aliphatic carbocycles. The van der Waals surface area contributed by atoms with E-state index in [2.05, 4.69) is 49.7 Å². The minimum absolute atomic E-state index is 0.445. The van der Waals surface area contributed by atoms with E-state index in [1.165, 1.54) is 11.4 Å². The van der Waals surface area contributed by atoms with Gasteiger partial charge in [-0.05, 0) is 44.9 Å². The van der Waals surface area contributed by atoms with Crippen molar-refractivity contribution in [2.75, 3.05) is 19.1 Å². The molecular formula is C13H25N3S. The van der Waals surface area contributed by atoms with Gasteiger partial charge in [0.25, 0.3) is 0 Å². The Morgan fingerprint density at radius 1 is 1.41 bits per heavy atom.